The molecule has 2 nitrogen and oxygen atoms in total. The summed E-state index contributed by atoms with van der Waals surface area (Å²) in [5.41, 5.74) is 2.90. The molecule has 0 bridgehead atoms. The zero-order chi connectivity index (χ0) is 12.1. The standard InChI is InChI=1S/C14H24O2/c1-2-3-4-5-6-7-8-9-10-11-12-13-14(15)16/h10,12H,2-9,13H2,1H3,(H,15,16). The Morgan fingerprint density at radius 1 is 1.06 bits per heavy atom. The van der Waals surface area contributed by atoms with Crippen molar-refractivity contribution in [3.05, 3.63) is 17.9 Å². The Morgan fingerprint density at radius 3 is 2.31 bits per heavy atom. The highest BCUT2D eigenvalue weighted by atomic mass is 16.4. The number of carbonyl (C=O) groups is 1. The third-order valence-electron chi connectivity index (χ3n) is 2.46. The Morgan fingerprint density at radius 2 is 1.69 bits per heavy atom. The summed E-state index contributed by atoms with van der Waals surface area (Å²) in [6.45, 7) is 2.23. The maximum absolute atomic E-state index is 10.2. The van der Waals surface area contributed by atoms with Crippen LogP contribution in [0.2, 0.25) is 0 Å². The highest BCUT2D eigenvalue weighted by Gasteiger charge is 1.89. The van der Waals surface area contributed by atoms with Crippen molar-refractivity contribution in [3.63, 3.8) is 0 Å². The molecule has 0 aliphatic carbocycles. The topological polar surface area (TPSA) is 37.3 Å². The van der Waals surface area contributed by atoms with Crippen LogP contribution < -0.4 is 0 Å². The number of unbranched alkanes of at least 4 members (excludes halogenated alkanes) is 7. The zero-order valence-electron chi connectivity index (χ0n) is 10.4. The van der Waals surface area contributed by atoms with E-state index in [1.165, 1.54) is 44.9 Å². The summed E-state index contributed by atoms with van der Waals surface area (Å²) in [5, 5.41) is 8.37. The van der Waals surface area contributed by atoms with E-state index < -0.39 is 5.97 Å². The summed E-state index contributed by atoms with van der Waals surface area (Å²) in [7, 11) is 0. The molecule has 0 rings (SSSR count). The van der Waals surface area contributed by atoms with Crippen LogP contribution in [0.3, 0.4) is 0 Å². The summed E-state index contributed by atoms with van der Waals surface area (Å²) in [4.78, 5) is 10.2. The van der Waals surface area contributed by atoms with Gasteiger partial charge >= 0.3 is 5.97 Å². The van der Waals surface area contributed by atoms with Crippen LogP contribution in [0.25, 0.3) is 0 Å². The van der Waals surface area contributed by atoms with Gasteiger partial charge in [0.25, 0.3) is 0 Å². The van der Waals surface area contributed by atoms with E-state index in [1.54, 1.807) is 6.08 Å². The molecule has 0 aromatic carbocycles. The van der Waals surface area contributed by atoms with Gasteiger partial charge in [-0.05, 0) is 25.0 Å². The van der Waals surface area contributed by atoms with Crippen molar-refractivity contribution < 1.29 is 9.90 Å². The maximum Gasteiger partial charge on any atom is 0.307 e. The second kappa shape index (κ2) is 12.1. The summed E-state index contributed by atoms with van der Waals surface area (Å²) in [5.74, 6) is -0.795. The monoisotopic (exact) mass is 224 g/mol. The van der Waals surface area contributed by atoms with E-state index in [0.29, 0.717) is 0 Å². The van der Waals surface area contributed by atoms with Crippen LogP contribution in [0, 0.1) is 0 Å². The van der Waals surface area contributed by atoms with Crippen molar-refractivity contribution >= 4 is 5.97 Å². The second-order valence-corrected chi connectivity index (χ2v) is 4.08. The lowest BCUT2D eigenvalue weighted by atomic mass is 10.1. The average molecular weight is 224 g/mol. The van der Waals surface area contributed by atoms with E-state index in [2.05, 4.69) is 12.7 Å². The molecule has 0 heterocycles. The first-order chi connectivity index (χ1) is 7.77. The third kappa shape index (κ3) is 13.0. The number of aliphatic carboxylic acids is 1. The number of hydrogen-bond donors (Lipinski definition) is 1. The minimum Gasteiger partial charge on any atom is -0.481 e. The van der Waals surface area contributed by atoms with Crippen LogP contribution in [-0.2, 0) is 4.79 Å². The highest BCUT2D eigenvalue weighted by molar-refractivity contribution is 5.68. The van der Waals surface area contributed by atoms with E-state index in [0.717, 1.165) is 6.42 Å². The quantitative estimate of drug-likeness (QED) is 0.443. The number of carboxylic acid groups (broad SMARTS) is 1. The second-order valence-electron chi connectivity index (χ2n) is 4.08. The lowest BCUT2D eigenvalue weighted by Gasteiger charge is -1.98. The predicted molar refractivity (Wildman–Crippen MR) is 67.5 cm³/mol. The molecule has 0 aliphatic heterocycles. The fraction of sp³-hybridized carbons (Fsp3) is 0.714. The molecule has 1 N–H and O–H groups in total. The van der Waals surface area contributed by atoms with Gasteiger partial charge < -0.3 is 5.11 Å². The van der Waals surface area contributed by atoms with Crippen LogP contribution in [0.1, 0.15) is 64.7 Å². The lowest BCUT2D eigenvalue weighted by Crippen LogP contribution is -1.88. The molecule has 16 heavy (non-hydrogen) atoms. The molecule has 0 aromatic rings. The number of carboxylic acids is 1. The van der Waals surface area contributed by atoms with Gasteiger partial charge in [0.15, 0.2) is 0 Å². The van der Waals surface area contributed by atoms with Gasteiger partial charge in [0.1, 0.15) is 0 Å². The SMILES string of the molecule is CCCCCCCCCC=C=CCC(=O)O. The Hall–Kier alpha value is -1.01. The molecule has 0 aromatic heterocycles. The molecule has 0 saturated carbocycles. The van der Waals surface area contributed by atoms with Crippen molar-refractivity contribution in [2.75, 3.05) is 0 Å². The molecule has 0 unspecified atom stereocenters. The molecule has 0 saturated heterocycles. The van der Waals surface area contributed by atoms with Gasteiger partial charge in [-0.15, -0.1) is 5.73 Å². The zero-order valence-corrected chi connectivity index (χ0v) is 10.4. The Balaban J connectivity index is 3.20. The molecule has 0 amide bonds. The third-order valence-corrected chi connectivity index (χ3v) is 2.46. The molecule has 0 spiro atoms. The maximum atomic E-state index is 10.2. The summed E-state index contributed by atoms with van der Waals surface area (Å²) >= 11 is 0. The smallest absolute Gasteiger partial charge is 0.307 e. The van der Waals surface area contributed by atoms with Crippen molar-refractivity contribution in [1.29, 1.82) is 0 Å². The van der Waals surface area contributed by atoms with Crippen molar-refractivity contribution in [1.82, 2.24) is 0 Å². The van der Waals surface area contributed by atoms with Crippen LogP contribution >= 0.6 is 0 Å². The van der Waals surface area contributed by atoms with Crippen molar-refractivity contribution in [2.45, 2.75) is 64.7 Å². The summed E-state index contributed by atoms with van der Waals surface area (Å²) < 4.78 is 0. The van der Waals surface area contributed by atoms with E-state index in [9.17, 15) is 4.79 Å². The van der Waals surface area contributed by atoms with Gasteiger partial charge in [0.05, 0.1) is 6.42 Å². The van der Waals surface area contributed by atoms with Crippen molar-refractivity contribution in [3.8, 4) is 0 Å². The van der Waals surface area contributed by atoms with Crippen LogP contribution in [0.4, 0.5) is 0 Å². The summed E-state index contributed by atoms with van der Waals surface area (Å²) in [6, 6.07) is 0. The molecular formula is C14H24O2. The Bertz CT molecular complexity index is 225. The minimum atomic E-state index is -0.795. The molecule has 92 valence electrons. The first-order valence-electron chi connectivity index (χ1n) is 6.38. The molecule has 2 heteroatoms. The van der Waals surface area contributed by atoms with Crippen LogP contribution in [-0.4, -0.2) is 11.1 Å². The average Bonchev–Trinajstić information content (AvgIpc) is 2.25. The van der Waals surface area contributed by atoms with E-state index in [-0.39, 0.29) is 6.42 Å². The van der Waals surface area contributed by atoms with E-state index in [1.807, 2.05) is 6.08 Å². The van der Waals surface area contributed by atoms with Gasteiger partial charge in [0, 0.05) is 0 Å². The molecular weight excluding hydrogens is 200 g/mol. The van der Waals surface area contributed by atoms with Gasteiger partial charge in [0.2, 0.25) is 0 Å². The summed E-state index contributed by atoms with van der Waals surface area (Å²) in [6.07, 6.45) is 13.8. The van der Waals surface area contributed by atoms with Crippen molar-refractivity contribution in [2.24, 2.45) is 0 Å². The van der Waals surface area contributed by atoms with Gasteiger partial charge in [-0.3, -0.25) is 4.79 Å². The largest absolute Gasteiger partial charge is 0.481 e. The highest BCUT2D eigenvalue weighted by Crippen LogP contribution is 2.08. The molecule has 0 aliphatic rings. The van der Waals surface area contributed by atoms with Gasteiger partial charge in [-0.25, -0.2) is 0 Å². The normalized spacial score (nSPS) is 9.56. The Labute approximate surface area is 99.1 Å². The molecule has 0 radical (unpaired) electrons. The van der Waals surface area contributed by atoms with E-state index >= 15 is 0 Å². The first kappa shape index (κ1) is 15.0. The minimum absolute atomic E-state index is 0.0769. The number of hydrogen-bond acceptors (Lipinski definition) is 1. The van der Waals surface area contributed by atoms with Gasteiger partial charge in [-0.2, -0.15) is 0 Å². The molecule has 0 atom stereocenters. The van der Waals surface area contributed by atoms with Crippen LogP contribution in [0.5, 0.6) is 0 Å². The molecule has 0 fully saturated rings. The first-order valence-corrected chi connectivity index (χ1v) is 6.38. The fourth-order valence-corrected chi connectivity index (χ4v) is 1.52. The lowest BCUT2D eigenvalue weighted by molar-refractivity contribution is -0.135. The fourth-order valence-electron chi connectivity index (χ4n) is 1.52. The van der Waals surface area contributed by atoms with Crippen LogP contribution in [0.15, 0.2) is 17.9 Å². The van der Waals surface area contributed by atoms with E-state index in [4.69, 9.17) is 5.11 Å². The van der Waals surface area contributed by atoms with Gasteiger partial charge in [-0.1, -0.05) is 45.4 Å². The predicted octanol–water partition coefficient (Wildman–Crippen LogP) is 4.31. The Kier molecular flexibility index (Phi) is 11.3. The number of rotatable bonds is 10.